The Balaban J connectivity index is 1.83. The number of aromatic nitrogens is 2. The first-order valence-electron chi connectivity index (χ1n) is 6.96. The number of ether oxygens (including phenoxy) is 1. The number of aryl methyl sites for hydroxylation is 1. The highest BCUT2D eigenvalue weighted by atomic mass is 16.5. The molecule has 1 unspecified atom stereocenters. The number of nitrogens with one attached hydrogen (secondary N) is 1. The zero-order valence-corrected chi connectivity index (χ0v) is 12.5. The van der Waals surface area contributed by atoms with Gasteiger partial charge in [-0.3, -0.25) is 4.79 Å². The molecular weight excluding hydrogens is 306 g/mol. The van der Waals surface area contributed by atoms with Crippen LogP contribution in [-0.4, -0.2) is 46.9 Å². The van der Waals surface area contributed by atoms with Crippen molar-refractivity contribution in [3.8, 4) is 11.4 Å². The molecule has 2 aromatic heterocycles. The Bertz CT molecular complexity index is 637. The van der Waals surface area contributed by atoms with Crippen molar-refractivity contribution >= 4 is 11.9 Å². The van der Waals surface area contributed by atoms with Gasteiger partial charge in [-0.2, -0.15) is 4.98 Å². The minimum Gasteiger partial charge on any atom is -0.480 e. The fourth-order valence-electron chi connectivity index (χ4n) is 1.85. The molecule has 0 spiro atoms. The number of carboxylic acids is 1. The summed E-state index contributed by atoms with van der Waals surface area (Å²) >= 11 is 0. The van der Waals surface area contributed by atoms with Crippen LogP contribution in [0.15, 0.2) is 27.5 Å². The Labute approximate surface area is 131 Å². The maximum absolute atomic E-state index is 11.8. The highest BCUT2D eigenvalue weighted by Gasteiger charge is 2.20. The van der Waals surface area contributed by atoms with Gasteiger partial charge in [0.2, 0.25) is 17.6 Å². The summed E-state index contributed by atoms with van der Waals surface area (Å²) in [5.41, 5.74) is 0.676. The second kappa shape index (κ2) is 8.08. The van der Waals surface area contributed by atoms with E-state index in [9.17, 15) is 9.59 Å². The van der Waals surface area contributed by atoms with Crippen LogP contribution in [0.1, 0.15) is 18.7 Å². The van der Waals surface area contributed by atoms with Crippen LogP contribution in [0.4, 0.5) is 0 Å². The number of carbonyl (C=O) groups excluding carboxylic acids is 1. The third-order valence-electron chi connectivity index (χ3n) is 3.06. The average Bonchev–Trinajstić information content (AvgIpc) is 3.19. The van der Waals surface area contributed by atoms with Crippen LogP contribution in [0.2, 0.25) is 0 Å². The molecule has 0 saturated heterocycles. The molecule has 0 aliphatic carbocycles. The van der Waals surface area contributed by atoms with Gasteiger partial charge >= 0.3 is 5.97 Å². The molecule has 2 N–H and O–H groups in total. The quantitative estimate of drug-likeness (QED) is 0.695. The minimum atomic E-state index is -1.10. The van der Waals surface area contributed by atoms with Crippen molar-refractivity contribution in [2.24, 2.45) is 0 Å². The summed E-state index contributed by atoms with van der Waals surface area (Å²) in [4.78, 5) is 27.0. The van der Waals surface area contributed by atoms with Crippen molar-refractivity contribution in [2.45, 2.75) is 25.3 Å². The molecule has 0 radical (unpaired) electrons. The number of methoxy groups -OCH3 is 1. The molecule has 9 nitrogen and oxygen atoms in total. The molecule has 0 aromatic carbocycles. The first kappa shape index (κ1) is 16.7. The molecule has 2 rings (SSSR count). The number of carbonyl (C=O) groups is 2. The highest BCUT2D eigenvalue weighted by molar-refractivity contribution is 5.83. The lowest BCUT2D eigenvalue weighted by molar-refractivity contribution is -0.142. The molecular formula is C14H17N3O6. The number of rotatable bonds is 9. The molecule has 1 atom stereocenters. The van der Waals surface area contributed by atoms with E-state index >= 15 is 0 Å². The van der Waals surface area contributed by atoms with Gasteiger partial charge in [-0.05, 0) is 6.07 Å². The molecule has 0 fully saturated rings. The number of amides is 1. The van der Waals surface area contributed by atoms with Gasteiger partial charge in [-0.25, -0.2) is 4.79 Å². The van der Waals surface area contributed by atoms with Crippen molar-refractivity contribution in [3.05, 3.63) is 24.5 Å². The zero-order chi connectivity index (χ0) is 16.7. The van der Waals surface area contributed by atoms with Crippen molar-refractivity contribution in [3.63, 3.8) is 0 Å². The molecule has 0 saturated carbocycles. The van der Waals surface area contributed by atoms with Crippen molar-refractivity contribution in [2.75, 3.05) is 13.7 Å². The molecule has 0 bridgehead atoms. The summed E-state index contributed by atoms with van der Waals surface area (Å²) in [6.07, 6.45) is 3.43. The van der Waals surface area contributed by atoms with E-state index in [1.807, 2.05) is 0 Å². The predicted octanol–water partition coefficient (Wildman–Crippen LogP) is 0.868. The van der Waals surface area contributed by atoms with E-state index < -0.39 is 17.9 Å². The third kappa shape index (κ3) is 4.92. The second-order valence-electron chi connectivity index (χ2n) is 4.76. The summed E-state index contributed by atoms with van der Waals surface area (Å²) < 4.78 is 14.8. The van der Waals surface area contributed by atoms with Crippen LogP contribution in [-0.2, 0) is 20.7 Å². The minimum absolute atomic E-state index is 0.0454. The molecule has 0 aliphatic rings. The Kier molecular flexibility index (Phi) is 5.87. The molecule has 2 aromatic rings. The largest absolute Gasteiger partial charge is 0.480 e. The van der Waals surface area contributed by atoms with Gasteiger partial charge in [0.1, 0.15) is 12.3 Å². The van der Waals surface area contributed by atoms with E-state index in [1.165, 1.54) is 19.6 Å². The lowest BCUT2D eigenvalue weighted by Crippen LogP contribution is -2.41. The van der Waals surface area contributed by atoms with Gasteiger partial charge in [-0.15, -0.1) is 0 Å². The van der Waals surface area contributed by atoms with Gasteiger partial charge in [-0.1, -0.05) is 5.16 Å². The fraction of sp³-hybridized carbons (Fsp3) is 0.429. The van der Waals surface area contributed by atoms with Crippen LogP contribution < -0.4 is 5.32 Å². The SMILES string of the molecule is COCCC(NC(=O)CCc1nc(-c2ccoc2)no1)C(=O)O. The van der Waals surface area contributed by atoms with Crippen molar-refractivity contribution < 1.29 is 28.4 Å². The third-order valence-corrected chi connectivity index (χ3v) is 3.06. The number of nitrogens with zero attached hydrogens (tertiary/aromatic N) is 2. The molecule has 124 valence electrons. The van der Waals surface area contributed by atoms with E-state index in [-0.39, 0.29) is 25.9 Å². The predicted molar refractivity (Wildman–Crippen MR) is 76.4 cm³/mol. The molecule has 9 heteroatoms. The van der Waals surface area contributed by atoms with Gasteiger partial charge in [0.05, 0.1) is 11.8 Å². The summed E-state index contributed by atoms with van der Waals surface area (Å²) in [5.74, 6) is -0.843. The van der Waals surface area contributed by atoms with Crippen molar-refractivity contribution in [1.29, 1.82) is 0 Å². The fourth-order valence-corrected chi connectivity index (χ4v) is 1.85. The maximum Gasteiger partial charge on any atom is 0.326 e. The Morgan fingerprint density at radius 3 is 2.96 bits per heavy atom. The van der Waals surface area contributed by atoms with Crippen LogP contribution in [0.5, 0.6) is 0 Å². The maximum atomic E-state index is 11.8. The van der Waals surface area contributed by atoms with Crippen LogP contribution in [0.3, 0.4) is 0 Å². The number of aliphatic carboxylic acids is 1. The number of carboxylic acid groups (broad SMARTS) is 1. The van der Waals surface area contributed by atoms with E-state index in [1.54, 1.807) is 6.07 Å². The van der Waals surface area contributed by atoms with E-state index in [0.29, 0.717) is 17.3 Å². The first-order chi connectivity index (χ1) is 11.1. The molecule has 1 amide bonds. The number of hydrogen-bond donors (Lipinski definition) is 2. The van der Waals surface area contributed by atoms with Gasteiger partial charge in [0.15, 0.2) is 0 Å². The van der Waals surface area contributed by atoms with Gasteiger partial charge < -0.3 is 24.1 Å². The number of hydrogen-bond acceptors (Lipinski definition) is 7. The zero-order valence-electron chi connectivity index (χ0n) is 12.5. The molecule has 0 aliphatic heterocycles. The molecule has 2 heterocycles. The number of furan rings is 1. The summed E-state index contributed by atoms with van der Waals surface area (Å²) in [7, 11) is 1.47. The van der Waals surface area contributed by atoms with Crippen molar-refractivity contribution in [1.82, 2.24) is 15.5 Å². The Morgan fingerprint density at radius 1 is 1.48 bits per heavy atom. The lowest BCUT2D eigenvalue weighted by atomic mass is 10.2. The normalized spacial score (nSPS) is 12.0. The second-order valence-corrected chi connectivity index (χ2v) is 4.76. The van der Waals surface area contributed by atoms with Gasteiger partial charge in [0, 0.05) is 33.0 Å². The van der Waals surface area contributed by atoms with E-state index in [4.69, 9.17) is 18.8 Å². The molecule has 23 heavy (non-hydrogen) atoms. The van der Waals surface area contributed by atoms with E-state index in [0.717, 1.165) is 0 Å². The Morgan fingerprint density at radius 2 is 2.30 bits per heavy atom. The smallest absolute Gasteiger partial charge is 0.326 e. The highest BCUT2D eigenvalue weighted by Crippen LogP contribution is 2.16. The van der Waals surface area contributed by atoms with Crippen LogP contribution in [0.25, 0.3) is 11.4 Å². The summed E-state index contributed by atoms with van der Waals surface area (Å²) in [6, 6.07) is 0.709. The average molecular weight is 323 g/mol. The standard InChI is InChI=1S/C14H17N3O6/c1-21-6-5-10(14(19)20)15-11(18)2-3-12-16-13(17-23-12)9-4-7-22-8-9/h4,7-8,10H,2-3,5-6H2,1H3,(H,15,18)(H,19,20). The summed E-state index contributed by atoms with van der Waals surface area (Å²) in [5, 5.41) is 15.2. The topological polar surface area (TPSA) is 128 Å². The lowest BCUT2D eigenvalue weighted by Gasteiger charge is -2.13. The monoisotopic (exact) mass is 323 g/mol. The Hall–Kier alpha value is -2.68. The van der Waals surface area contributed by atoms with Crippen LogP contribution >= 0.6 is 0 Å². The van der Waals surface area contributed by atoms with Crippen LogP contribution in [0, 0.1) is 0 Å². The first-order valence-corrected chi connectivity index (χ1v) is 6.96. The van der Waals surface area contributed by atoms with Gasteiger partial charge in [0.25, 0.3) is 0 Å². The summed E-state index contributed by atoms with van der Waals surface area (Å²) in [6.45, 7) is 0.245. The van der Waals surface area contributed by atoms with E-state index in [2.05, 4.69) is 15.5 Å².